The summed E-state index contributed by atoms with van der Waals surface area (Å²) in [5.74, 6) is 0.621. The molecule has 0 fully saturated rings. The Bertz CT molecular complexity index is 548. The molecule has 0 spiro atoms. The number of aliphatic hydroxyl groups is 1. The van der Waals surface area contributed by atoms with Crippen LogP contribution in [0, 0.1) is 5.92 Å². The molecular formula is C17H19BrO. The summed E-state index contributed by atoms with van der Waals surface area (Å²) in [6.07, 6.45) is 0.457. The zero-order valence-corrected chi connectivity index (χ0v) is 12.9. The molecule has 1 atom stereocenters. The number of hydrogen-bond donors (Lipinski definition) is 1. The van der Waals surface area contributed by atoms with E-state index >= 15 is 0 Å². The van der Waals surface area contributed by atoms with Gasteiger partial charge in [0.2, 0.25) is 0 Å². The van der Waals surface area contributed by atoms with Crippen molar-refractivity contribution in [1.82, 2.24) is 0 Å². The largest absolute Gasteiger partial charge is 0.384 e. The van der Waals surface area contributed by atoms with Gasteiger partial charge in [-0.1, -0.05) is 72.2 Å². The van der Waals surface area contributed by atoms with Gasteiger partial charge < -0.3 is 5.11 Å². The third-order valence-corrected chi connectivity index (χ3v) is 3.83. The van der Waals surface area contributed by atoms with Crippen LogP contribution in [0.1, 0.15) is 36.6 Å². The van der Waals surface area contributed by atoms with Gasteiger partial charge in [0.25, 0.3) is 0 Å². The highest BCUT2D eigenvalue weighted by Crippen LogP contribution is 2.28. The average Bonchev–Trinajstić information content (AvgIpc) is 2.38. The van der Waals surface area contributed by atoms with Gasteiger partial charge in [0.1, 0.15) is 6.10 Å². The number of rotatable bonds is 4. The van der Waals surface area contributed by atoms with Crippen molar-refractivity contribution >= 4 is 15.9 Å². The highest BCUT2D eigenvalue weighted by atomic mass is 79.9. The first-order chi connectivity index (χ1) is 9.08. The molecule has 1 nitrogen and oxygen atoms in total. The van der Waals surface area contributed by atoms with E-state index in [-0.39, 0.29) is 0 Å². The van der Waals surface area contributed by atoms with Gasteiger partial charge in [0.05, 0.1) is 0 Å². The lowest BCUT2D eigenvalue weighted by Gasteiger charge is -2.15. The predicted molar refractivity (Wildman–Crippen MR) is 83.2 cm³/mol. The maximum atomic E-state index is 10.5. The van der Waals surface area contributed by atoms with E-state index in [2.05, 4.69) is 41.9 Å². The molecule has 0 aliphatic carbocycles. The molecule has 2 rings (SSSR count). The minimum Gasteiger partial charge on any atom is -0.384 e. The number of benzene rings is 2. The Morgan fingerprint density at radius 2 is 1.79 bits per heavy atom. The molecule has 2 aromatic rings. The second-order valence-corrected chi connectivity index (χ2v) is 6.12. The zero-order valence-electron chi connectivity index (χ0n) is 11.3. The van der Waals surface area contributed by atoms with Crippen LogP contribution >= 0.6 is 15.9 Å². The second-order valence-electron chi connectivity index (χ2n) is 5.27. The van der Waals surface area contributed by atoms with E-state index in [0.29, 0.717) is 5.92 Å². The number of aliphatic hydroxyl groups excluding tert-OH is 1. The summed E-state index contributed by atoms with van der Waals surface area (Å²) in [7, 11) is 0. The summed E-state index contributed by atoms with van der Waals surface area (Å²) in [5.41, 5.74) is 3.13. The monoisotopic (exact) mass is 318 g/mol. The standard InChI is InChI=1S/C17H19BrO/c1-12(2)10-13-6-5-7-14(11-13)17(19)15-8-3-4-9-16(15)18/h3-9,11-12,17,19H,10H2,1-2H3. The molecule has 0 radical (unpaired) electrons. The van der Waals surface area contributed by atoms with Crippen molar-refractivity contribution in [2.45, 2.75) is 26.4 Å². The normalized spacial score (nSPS) is 12.7. The molecule has 0 amide bonds. The fourth-order valence-electron chi connectivity index (χ4n) is 2.24. The van der Waals surface area contributed by atoms with E-state index < -0.39 is 6.10 Å². The highest BCUT2D eigenvalue weighted by Gasteiger charge is 2.13. The van der Waals surface area contributed by atoms with Gasteiger partial charge in [0, 0.05) is 4.47 Å². The third-order valence-electron chi connectivity index (χ3n) is 3.11. The summed E-state index contributed by atoms with van der Waals surface area (Å²) < 4.78 is 0.941. The Morgan fingerprint density at radius 3 is 2.47 bits per heavy atom. The van der Waals surface area contributed by atoms with Crippen LogP contribution in [0.15, 0.2) is 53.0 Å². The Kier molecular flexibility index (Phi) is 4.78. The average molecular weight is 319 g/mol. The van der Waals surface area contributed by atoms with Crippen LogP contribution in [0.3, 0.4) is 0 Å². The molecule has 0 bridgehead atoms. The number of hydrogen-bond acceptors (Lipinski definition) is 1. The molecule has 2 aromatic carbocycles. The van der Waals surface area contributed by atoms with E-state index in [1.807, 2.05) is 36.4 Å². The summed E-state index contributed by atoms with van der Waals surface area (Å²) >= 11 is 3.49. The molecular weight excluding hydrogens is 300 g/mol. The van der Waals surface area contributed by atoms with Crippen molar-refractivity contribution < 1.29 is 5.11 Å². The van der Waals surface area contributed by atoms with Gasteiger partial charge in [-0.25, -0.2) is 0 Å². The molecule has 0 saturated heterocycles. The van der Waals surface area contributed by atoms with Crippen LogP contribution in [0.2, 0.25) is 0 Å². The highest BCUT2D eigenvalue weighted by molar-refractivity contribution is 9.10. The Morgan fingerprint density at radius 1 is 1.05 bits per heavy atom. The van der Waals surface area contributed by atoms with E-state index in [0.717, 1.165) is 22.0 Å². The van der Waals surface area contributed by atoms with Crippen LogP contribution in [-0.2, 0) is 6.42 Å². The second kappa shape index (κ2) is 6.36. The Hall–Kier alpha value is -1.12. The molecule has 0 aliphatic rings. The fourth-order valence-corrected chi connectivity index (χ4v) is 2.74. The Balaban J connectivity index is 2.29. The minimum absolute atomic E-state index is 0.581. The van der Waals surface area contributed by atoms with Crippen LogP contribution in [0.4, 0.5) is 0 Å². The summed E-state index contributed by atoms with van der Waals surface area (Å²) in [6.45, 7) is 4.41. The van der Waals surface area contributed by atoms with Crippen molar-refractivity contribution in [3.8, 4) is 0 Å². The maximum absolute atomic E-state index is 10.5. The van der Waals surface area contributed by atoms with Crippen LogP contribution < -0.4 is 0 Å². The van der Waals surface area contributed by atoms with Gasteiger partial charge in [0.15, 0.2) is 0 Å². The summed E-state index contributed by atoms with van der Waals surface area (Å²) in [5, 5.41) is 10.5. The van der Waals surface area contributed by atoms with Crippen molar-refractivity contribution in [1.29, 1.82) is 0 Å². The minimum atomic E-state index is -0.581. The molecule has 1 unspecified atom stereocenters. The first kappa shape index (κ1) is 14.3. The summed E-state index contributed by atoms with van der Waals surface area (Å²) in [4.78, 5) is 0. The quantitative estimate of drug-likeness (QED) is 0.864. The molecule has 2 heteroatoms. The predicted octanol–water partition coefficient (Wildman–Crippen LogP) is 4.73. The zero-order chi connectivity index (χ0) is 13.8. The van der Waals surface area contributed by atoms with Gasteiger partial charge in [-0.2, -0.15) is 0 Å². The molecule has 19 heavy (non-hydrogen) atoms. The topological polar surface area (TPSA) is 20.2 Å². The van der Waals surface area contributed by atoms with Crippen LogP contribution in [-0.4, -0.2) is 5.11 Å². The van der Waals surface area contributed by atoms with Crippen LogP contribution in [0.5, 0.6) is 0 Å². The van der Waals surface area contributed by atoms with Crippen molar-refractivity contribution in [3.05, 3.63) is 69.7 Å². The molecule has 0 saturated carbocycles. The van der Waals surface area contributed by atoms with Crippen LogP contribution in [0.25, 0.3) is 0 Å². The smallest absolute Gasteiger partial charge is 0.105 e. The van der Waals surface area contributed by atoms with Gasteiger partial charge >= 0.3 is 0 Å². The summed E-state index contributed by atoms with van der Waals surface area (Å²) in [6, 6.07) is 16.0. The number of halogens is 1. The van der Waals surface area contributed by atoms with E-state index in [9.17, 15) is 5.11 Å². The fraction of sp³-hybridized carbons (Fsp3) is 0.294. The lowest BCUT2D eigenvalue weighted by molar-refractivity contribution is 0.219. The van der Waals surface area contributed by atoms with Crippen molar-refractivity contribution in [2.75, 3.05) is 0 Å². The van der Waals surface area contributed by atoms with Crippen molar-refractivity contribution in [3.63, 3.8) is 0 Å². The van der Waals surface area contributed by atoms with E-state index in [1.165, 1.54) is 5.56 Å². The maximum Gasteiger partial charge on any atom is 0.105 e. The molecule has 0 aliphatic heterocycles. The van der Waals surface area contributed by atoms with Gasteiger partial charge in [-0.3, -0.25) is 0 Å². The third kappa shape index (κ3) is 3.68. The van der Waals surface area contributed by atoms with Gasteiger partial charge in [-0.05, 0) is 35.1 Å². The SMILES string of the molecule is CC(C)Cc1cccc(C(O)c2ccccc2Br)c1. The first-order valence-corrected chi connectivity index (χ1v) is 7.38. The molecule has 0 aromatic heterocycles. The van der Waals surface area contributed by atoms with Crippen molar-refractivity contribution in [2.24, 2.45) is 5.92 Å². The van der Waals surface area contributed by atoms with E-state index in [4.69, 9.17) is 0 Å². The lowest BCUT2D eigenvalue weighted by atomic mass is 9.96. The lowest BCUT2D eigenvalue weighted by Crippen LogP contribution is -2.02. The molecule has 1 N–H and O–H groups in total. The molecule has 0 heterocycles. The van der Waals surface area contributed by atoms with E-state index in [1.54, 1.807) is 0 Å². The molecule has 100 valence electrons. The Labute approximate surface area is 123 Å². The first-order valence-electron chi connectivity index (χ1n) is 6.59. The van der Waals surface area contributed by atoms with Gasteiger partial charge in [-0.15, -0.1) is 0 Å².